The molecule has 4 rings (SSSR count). The van der Waals surface area contributed by atoms with E-state index in [4.69, 9.17) is 9.26 Å². The van der Waals surface area contributed by atoms with Crippen LogP contribution < -0.4 is 4.90 Å². The number of halogens is 1. The van der Waals surface area contributed by atoms with Crippen LogP contribution in [0.4, 0.5) is 15.2 Å². The summed E-state index contributed by atoms with van der Waals surface area (Å²) in [5.74, 6) is 0.389. The van der Waals surface area contributed by atoms with E-state index >= 15 is 0 Å². The number of carbonyl (C=O) groups excluding carboxylic acids is 1. The minimum atomic E-state index is -0.505. The maximum atomic E-state index is 13.2. The van der Waals surface area contributed by atoms with E-state index < -0.39 is 5.60 Å². The molecular formula is C20H25FN4O3. The van der Waals surface area contributed by atoms with Crippen molar-refractivity contribution in [2.45, 2.75) is 44.6 Å². The van der Waals surface area contributed by atoms with Crippen molar-refractivity contribution in [2.75, 3.05) is 31.1 Å². The first-order valence-electron chi connectivity index (χ1n) is 9.60. The third-order valence-electron chi connectivity index (χ3n) is 5.19. The van der Waals surface area contributed by atoms with Crippen molar-refractivity contribution in [1.29, 1.82) is 0 Å². The van der Waals surface area contributed by atoms with Gasteiger partial charge in [-0.3, -0.25) is 0 Å². The average molecular weight is 388 g/mol. The number of carbonyl (C=O) groups is 1. The molecule has 150 valence electrons. The van der Waals surface area contributed by atoms with Crippen molar-refractivity contribution in [3.05, 3.63) is 41.5 Å². The molecule has 0 atom stereocenters. The molecule has 1 aromatic heterocycles. The molecular weight excluding hydrogens is 363 g/mol. The van der Waals surface area contributed by atoms with Crippen molar-refractivity contribution in [3.63, 3.8) is 0 Å². The predicted molar refractivity (Wildman–Crippen MR) is 101 cm³/mol. The van der Waals surface area contributed by atoms with E-state index in [0.717, 1.165) is 18.4 Å². The average Bonchev–Trinajstić information content (AvgIpc) is 3.30. The number of anilines is 1. The normalized spacial score (nSPS) is 18.9. The molecule has 0 bridgehead atoms. The van der Waals surface area contributed by atoms with Crippen LogP contribution in [0.3, 0.4) is 0 Å². The van der Waals surface area contributed by atoms with Crippen LogP contribution in [0.1, 0.15) is 45.0 Å². The molecule has 1 amide bonds. The van der Waals surface area contributed by atoms with Crippen molar-refractivity contribution >= 4 is 12.1 Å². The Morgan fingerprint density at radius 3 is 2.36 bits per heavy atom. The Kier molecular flexibility index (Phi) is 4.51. The summed E-state index contributed by atoms with van der Waals surface area (Å²) >= 11 is 0. The van der Waals surface area contributed by atoms with Gasteiger partial charge in [0, 0.05) is 26.2 Å². The number of ether oxygens (including phenoxy) is 1. The minimum absolute atomic E-state index is 0.254. The predicted octanol–water partition coefficient (Wildman–Crippen LogP) is 3.35. The Bertz CT molecular complexity index is 847. The van der Waals surface area contributed by atoms with Crippen LogP contribution in [0.15, 0.2) is 28.8 Å². The van der Waals surface area contributed by atoms with E-state index in [9.17, 15) is 9.18 Å². The van der Waals surface area contributed by atoms with Crippen LogP contribution in [0.25, 0.3) is 0 Å². The summed E-state index contributed by atoms with van der Waals surface area (Å²) in [4.78, 5) is 20.5. The lowest BCUT2D eigenvalue weighted by Crippen LogP contribution is -2.50. The highest BCUT2D eigenvalue weighted by Crippen LogP contribution is 2.52. The summed E-state index contributed by atoms with van der Waals surface area (Å²) in [5, 5.41) is 4.20. The lowest BCUT2D eigenvalue weighted by Gasteiger charge is -2.34. The number of aromatic nitrogens is 2. The first-order valence-corrected chi connectivity index (χ1v) is 9.60. The summed E-state index contributed by atoms with van der Waals surface area (Å²) < 4.78 is 24.2. The summed E-state index contributed by atoms with van der Waals surface area (Å²) in [7, 11) is 0. The van der Waals surface area contributed by atoms with Gasteiger partial charge in [0.25, 0.3) is 0 Å². The second-order valence-corrected chi connectivity index (χ2v) is 8.44. The molecule has 2 fully saturated rings. The summed E-state index contributed by atoms with van der Waals surface area (Å²) in [6.07, 6.45) is 1.54. The van der Waals surface area contributed by atoms with Crippen molar-refractivity contribution in [3.8, 4) is 0 Å². The number of hydrogen-bond acceptors (Lipinski definition) is 6. The number of piperazine rings is 1. The Labute approximate surface area is 163 Å². The molecule has 0 N–H and O–H groups in total. The molecule has 1 aliphatic carbocycles. The monoisotopic (exact) mass is 388 g/mol. The smallest absolute Gasteiger partial charge is 0.410 e. The van der Waals surface area contributed by atoms with E-state index in [1.165, 1.54) is 12.1 Å². The highest BCUT2D eigenvalue weighted by Gasteiger charge is 2.50. The molecule has 1 saturated carbocycles. The molecule has 1 aliphatic heterocycles. The topological polar surface area (TPSA) is 71.7 Å². The van der Waals surface area contributed by atoms with Gasteiger partial charge in [-0.15, -0.1) is 0 Å². The molecule has 1 aromatic carbocycles. The van der Waals surface area contributed by atoms with Gasteiger partial charge in [0.05, 0.1) is 5.41 Å². The largest absolute Gasteiger partial charge is 0.444 e. The lowest BCUT2D eigenvalue weighted by molar-refractivity contribution is 0.0238. The maximum Gasteiger partial charge on any atom is 0.410 e. The zero-order chi connectivity index (χ0) is 19.9. The molecule has 0 unspecified atom stereocenters. The number of nitrogens with zero attached hydrogens (tertiary/aromatic N) is 4. The first-order chi connectivity index (χ1) is 13.3. The molecule has 2 heterocycles. The van der Waals surface area contributed by atoms with Crippen LogP contribution in [-0.4, -0.2) is 52.9 Å². The summed E-state index contributed by atoms with van der Waals surface area (Å²) in [6.45, 7) is 7.85. The van der Waals surface area contributed by atoms with Gasteiger partial charge in [-0.2, -0.15) is 4.98 Å². The van der Waals surface area contributed by atoms with Gasteiger partial charge in [-0.25, -0.2) is 9.18 Å². The number of rotatable bonds is 3. The standard InChI is InChI=1S/C20H25FN4O3/c1-19(2,3)27-18(26)25-12-10-24(11-13-25)17-22-16(23-28-17)20(8-9-20)14-4-6-15(21)7-5-14/h4-7H,8-13H2,1-3H3. The Morgan fingerprint density at radius 2 is 1.79 bits per heavy atom. The second-order valence-electron chi connectivity index (χ2n) is 8.44. The Balaban J connectivity index is 1.41. The third kappa shape index (κ3) is 3.68. The number of hydrogen-bond donors (Lipinski definition) is 0. The fourth-order valence-corrected chi connectivity index (χ4v) is 3.48. The molecule has 1 saturated heterocycles. The lowest BCUT2D eigenvalue weighted by atomic mass is 9.95. The second kappa shape index (κ2) is 6.76. The Morgan fingerprint density at radius 1 is 1.14 bits per heavy atom. The minimum Gasteiger partial charge on any atom is -0.444 e. The van der Waals surface area contributed by atoms with E-state index in [-0.39, 0.29) is 17.3 Å². The molecule has 2 aromatic rings. The molecule has 8 heteroatoms. The summed E-state index contributed by atoms with van der Waals surface area (Å²) in [6, 6.07) is 6.97. The van der Waals surface area contributed by atoms with Crippen molar-refractivity contribution in [1.82, 2.24) is 15.0 Å². The van der Waals surface area contributed by atoms with Gasteiger partial charge in [-0.1, -0.05) is 17.3 Å². The van der Waals surface area contributed by atoms with E-state index in [1.54, 1.807) is 17.0 Å². The molecule has 7 nitrogen and oxygen atoms in total. The van der Waals surface area contributed by atoms with Gasteiger partial charge in [-0.05, 0) is 51.3 Å². The fourth-order valence-electron chi connectivity index (χ4n) is 3.48. The van der Waals surface area contributed by atoms with E-state index in [0.29, 0.717) is 38.0 Å². The number of benzene rings is 1. The van der Waals surface area contributed by atoms with E-state index in [1.807, 2.05) is 25.7 Å². The highest BCUT2D eigenvalue weighted by molar-refractivity contribution is 5.68. The highest BCUT2D eigenvalue weighted by atomic mass is 19.1. The van der Waals surface area contributed by atoms with Crippen LogP contribution >= 0.6 is 0 Å². The van der Waals surface area contributed by atoms with Gasteiger partial charge in [0.15, 0.2) is 5.82 Å². The van der Waals surface area contributed by atoms with Crippen LogP contribution in [0, 0.1) is 5.82 Å². The van der Waals surface area contributed by atoms with Crippen LogP contribution in [0.2, 0.25) is 0 Å². The van der Waals surface area contributed by atoms with E-state index in [2.05, 4.69) is 10.1 Å². The molecule has 28 heavy (non-hydrogen) atoms. The third-order valence-corrected chi connectivity index (χ3v) is 5.19. The zero-order valence-electron chi connectivity index (χ0n) is 16.4. The quantitative estimate of drug-likeness (QED) is 0.803. The first kappa shape index (κ1) is 18.7. The van der Waals surface area contributed by atoms with Gasteiger partial charge >= 0.3 is 12.1 Å². The fraction of sp³-hybridized carbons (Fsp3) is 0.550. The van der Waals surface area contributed by atoms with Crippen LogP contribution in [0.5, 0.6) is 0 Å². The zero-order valence-corrected chi connectivity index (χ0v) is 16.4. The van der Waals surface area contributed by atoms with Gasteiger partial charge in [0.1, 0.15) is 11.4 Å². The summed E-state index contributed by atoms with van der Waals surface area (Å²) in [5.41, 5.74) is 0.235. The SMILES string of the molecule is CC(C)(C)OC(=O)N1CCN(c2nc(C3(c4ccc(F)cc4)CC3)no2)CC1. The molecule has 0 spiro atoms. The Hall–Kier alpha value is -2.64. The van der Waals surface area contributed by atoms with Gasteiger partial charge < -0.3 is 19.1 Å². The molecule has 0 radical (unpaired) electrons. The maximum absolute atomic E-state index is 13.2. The van der Waals surface area contributed by atoms with Gasteiger partial charge in [0.2, 0.25) is 0 Å². The van der Waals surface area contributed by atoms with Crippen molar-refractivity contribution in [2.24, 2.45) is 0 Å². The van der Waals surface area contributed by atoms with Crippen LogP contribution in [-0.2, 0) is 10.2 Å². The number of amides is 1. The van der Waals surface area contributed by atoms with Crippen molar-refractivity contribution < 1.29 is 18.4 Å². The molecule has 2 aliphatic rings.